The molecule has 5 atom stereocenters. The highest BCUT2D eigenvalue weighted by molar-refractivity contribution is 5.94. The molecule has 3 aliphatic heterocycles. The van der Waals surface area contributed by atoms with E-state index in [0.29, 0.717) is 6.61 Å². The van der Waals surface area contributed by atoms with Crippen LogP contribution >= 0.6 is 0 Å². The number of fused-ring (bicyclic) bond motifs is 1. The number of hydrogen-bond donors (Lipinski definition) is 0. The van der Waals surface area contributed by atoms with Crippen molar-refractivity contribution in [2.24, 2.45) is 0 Å². The van der Waals surface area contributed by atoms with E-state index in [0.717, 1.165) is 5.69 Å². The van der Waals surface area contributed by atoms with E-state index >= 15 is 0 Å². The van der Waals surface area contributed by atoms with E-state index in [2.05, 4.69) is 0 Å². The fourth-order valence-corrected chi connectivity index (χ4v) is 4.43. The Morgan fingerprint density at radius 1 is 1.06 bits per heavy atom. The van der Waals surface area contributed by atoms with E-state index in [1.807, 2.05) is 71.9 Å². The molecule has 0 radical (unpaired) electrons. The van der Waals surface area contributed by atoms with Crippen LogP contribution < -0.4 is 4.90 Å². The quantitative estimate of drug-likeness (QED) is 0.680. The van der Waals surface area contributed by atoms with Gasteiger partial charge in [-0.25, -0.2) is 0 Å². The zero-order valence-corrected chi connectivity index (χ0v) is 19.1. The number of carbonyl (C=O) groups is 1. The van der Waals surface area contributed by atoms with Gasteiger partial charge in [-0.15, -0.1) is 0 Å². The van der Waals surface area contributed by atoms with Crippen LogP contribution in [0.1, 0.15) is 41.5 Å². The Kier molecular flexibility index (Phi) is 6.15. The SMILES string of the molecule is CC(C)N(C(=O)CO[C@@H]1[C@H]2OC(C)(C)O[C@H]2O[C@@H]1[C@@H]1COC(C)(C)O1)c1ccccc1. The fourth-order valence-electron chi connectivity index (χ4n) is 4.43. The summed E-state index contributed by atoms with van der Waals surface area (Å²) in [5, 5.41) is 0. The van der Waals surface area contributed by atoms with Gasteiger partial charge in [-0.05, 0) is 53.7 Å². The number of carbonyl (C=O) groups excluding carboxylic acids is 1. The van der Waals surface area contributed by atoms with Crippen LogP contribution in [-0.2, 0) is 33.2 Å². The highest BCUT2D eigenvalue weighted by atomic mass is 16.8. The summed E-state index contributed by atoms with van der Waals surface area (Å²) in [5.74, 6) is -1.62. The standard InChI is InChI=1S/C23H33NO7/c1-14(2)24(15-10-8-7-9-11-15)17(25)13-26-19-18(16-12-27-22(3,4)29-16)28-21-20(19)30-23(5,6)31-21/h7-11,14,16,18-21H,12-13H2,1-6H3/t16-,18+,19-,20+,21+/m0/s1. The number of para-hydroxylation sites is 1. The van der Waals surface area contributed by atoms with E-state index in [9.17, 15) is 4.79 Å². The normalized spacial score (nSPS) is 33.6. The Morgan fingerprint density at radius 3 is 2.39 bits per heavy atom. The number of anilines is 1. The molecule has 3 fully saturated rings. The van der Waals surface area contributed by atoms with Crippen LogP contribution in [0.2, 0.25) is 0 Å². The van der Waals surface area contributed by atoms with E-state index in [1.165, 1.54) is 0 Å². The van der Waals surface area contributed by atoms with Crippen molar-refractivity contribution in [2.45, 2.75) is 89.9 Å². The molecule has 0 unspecified atom stereocenters. The molecule has 3 aliphatic rings. The molecule has 0 saturated carbocycles. The van der Waals surface area contributed by atoms with Crippen molar-refractivity contribution in [1.29, 1.82) is 0 Å². The summed E-state index contributed by atoms with van der Waals surface area (Å²) >= 11 is 0. The predicted octanol–water partition coefficient (Wildman–Crippen LogP) is 2.84. The van der Waals surface area contributed by atoms with Crippen LogP contribution in [0, 0.1) is 0 Å². The molecule has 4 rings (SSSR count). The molecule has 1 aromatic rings. The van der Waals surface area contributed by atoms with E-state index < -0.39 is 36.2 Å². The maximum atomic E-state index is 13.1. The number of hydrogen-bond acceptors (Lipinski definition) is 7. The highest BCUT2D eigenvalue weighted by Crippen LogP contribution is 2.42. The molecule has 0 spiro atoms. The first-order valence-electron chi connectivity index (χ1n) is 10.9. The van der Waals surface area contributed by atoms with Crippen LogP contribution in [-0.4, -0.2) is 67.4 Å². The Bertz CT molecular complexity index is 781. The maximum absolute atomic E-state index is 13.1. The molecule has 3 saturated heterocycles. The molecule has 8 nitrogen and oxygen atoms in total. The lowest BCUT2D eigenvalue weighted by Crippen LogP contribution is -2.46. The van der Waals surface area contributed by atoms with Crippen LogP contribution in [0.4, 0.5) is 5.69 Å². The second-order valence-corrected chi connectivity index (χ2v) is 9.41. The third-order valence-corrected chi connectivity index (χ3v) is 5.64. The van der Waals surface area contributed by atoms with E-state index in [4.69, 9.17) is 28.4 Å². The van der Waals surface area contributed by atoms with E-state index in [1.54, 1.807) is 4.90 Å². The minimum absolute atomic E-state index is 0.0146. The molecule has 3 heterocycles. The Hall–Kier alpha value is -1.55. The van der Waals surface area contributed by atoms with Gasteiger partial charge in [0, 0.05) is 11.7 Å². The van der Waals surface area contributed by atoms with Gasteiger partial charge in [0.05, 0.1) is 6.61 Å². The number of rotatable bonds is 6. The van der Waals surface area contributed by atoms with E-state index in [-0.39, 0.29) is 24.7 Å². The fraction of sp³-hybridized carbons (Fsp3) is 0.696. The molecular formula is C23H33NO7. The van der Waals surface area contributed by atoms with Gasteiger partial charge in [0.1, 0.15) is 31.0 Å². The van der Waals surface area contributed by atoms with Crippen LogP contribution in [0.5, 0.6) is 0 Å². The average molecular weight is 436 g/mol. The van der Waals surface area contributed by atoms with Gasteiger partial charge < -0.3 is 33.3 Å². The van der Waals surface area contributed by atoms with Crippen molar-refractivity contribution < 1.29 is 33.2 Å². The third-order valence-electron chi connectivity index (χ3n) is 5.64. The van der Waals surface area contributed by atoms with Crippen molar-refractivity contribution in [3.8, 4) is 0 Å². The monoisotopic (exact) mass is 435 g/mol. The number of nitrogens with zero attached hydrogens (tertiary/aromatic N) is 1. The second kappa shape index (κ2) is 8.42. The van der Waals surface area contributed by atoms with Crippen LogP contribution in [0.15, 0.2) is 30.3 Å². The lowest BCUT2D eigenvalue weighted by atomic mass is 10.1. The third kappa shape index (κ3) is 4.79. The zero-order valence-electron chi connectivity index (χ0n) is 19.1. The van der Waals surface area contributed by atoms with Gasteiger partial charge in [0.2, 0.25) is 0 Å². The zero-order chi connectivity index (χ0) is 22.4. The van der Waals surface area contributed by atoms with Crippen molar-refractivity contribution >= 4 is 11.6 Å². The predicted molar refractivity (Wildman–Crippen MR) is 112 cm³/mol. The first kappa shape index (κ1) is 22.6. The Morgan fingerprint density at radius 2 is 1.77 bits per heavy atom. The minimum atomic E-state index is -0.785. The summed E-state index contributed by atoms with van der Waals surface area (Å²) in [7, 11) is 0. The molecule has 172 valence electrons. The molecule has 31 heavy (non-hydrogen) atoms. The summed E-state index contributed by atoms with van der Waals surface area (Å²) in [6.07, 6.45) is -2.37. The summed E-state index contributed by atoms with van der Waals surface area (Å²) in [6, 6.07) is 9.56. The second-order valence-electron chi connectivity index (χ2n) is 9.41. The van der Waals surface area contributed by atoms with Crippen molar-refractivity contribution in [2.75, 3.05) is 18.1 Å². The summed E-state index contributed by atoms with van der Waals surface area (Å²) in [6.45, 7) is 11.6. The maximum Gasteiger partial charge on any atom is 0.253 e. The number of ether oxygens (including phenoxy) is 6. The van der Waals surface area contributed by atoms with Gasteiger partial charge in [0.15, 0.2) is 17.9 Å². The number of benzene rings is 1. The van der Waals surface area contributed by atoms with Crippen molar-refractivity contribution in [1.82, 2.24) is 0 Å². The van der Waals surface area contributed by atoms with Gasteiger partial charge in [-0.1, -0.05) is 18.2 Å². The molecule has 0 N–H and O–H groups in total. The molecule has 1 amide bonds. The summed E-state index contributed by atoms with van der Waals surface area (Å²) < 4.78 is 36.0. The lowest BCUT2D eigenvalue weighted by Gasteiger charge is -2.30. The van der Waals surface area contributed by atoms with Crippen molar-refractivity contribution in [3.05, 3.63) is 30.3 Å². The van der Waals surface area contributed by atoms with Gasteiger partial charge in [-0.2, -0.15) is 0 Å². The Labute approximate surface area is 183 Å². The summed E-state index contributed by atoms with van der Waals surface area (Å²) in [4.78, 5) is 14.9. The average Bonchev–Trinajstić information content (AvgIpc) is 3.29. The van der Waals surface area contributed by atoms with Gasteiger partial charge >= 0.3 is 0 Å². The molecule has 8 heteroatoms. The van der Waals surface area contributed by atoms with Crippen molar-refractivity contribution in [3.63, 3.8) is 0 Å². The highest BCUT2D eigenvalue weighted by Gasteiger charge is 2.59. The first-order chi connectivity index (χ1) is 14.6. The topological polar surface area (TPSA) is 75.7 Å². The molecule has 0 bridgehead atoms. The first-order valence-corrected chi connectivity index (χ1v) is 10.9. The summed E-state index contributed by atoms with van der Waals surface area (Å²) in [5.41, 5.74) is 0.832. The van der Waals surface area contributed by atoms with Crippen LogP contribution in [0.3, 0.4) is 0 Å². The van der Waals surface area contributed by atoms with Gasteiger partial charge in [0.25, 0.3) is 5.91 Å². The molecular weight excluding hydrogens is 402 g/mol. The number of amides is 1. The van der Waals surface area contributed by atoms with Crippen LogP contribution in [0.25, 0.3) is 0 Å². The van der Waals surface area contributed by atoms with Gasteiger partial charge in [-0.3, -0.25) is 4.79 Å². The largest absolute Gasteiger partial charge is 0.363 e. The lowest BCUT2D eigenvalue weighted by molar-refractivity contribution is -0.235. The smallest absolute Gasteiger partial charge is 0.253 e. The molecule has 0 aromatic heterocycles. The minimum Gasteiger partial charge on any atom is -0.363 e. The Balaban J connectivity index is 1.49. The molecule has 0 aliphatic carbocycles. The molecule has 1 aromatic carbocycles.